The number of halogens is 2. The van der Waals surface area contributed by atoms with Crippen LogP contribution in [0.25, 0.3) is 0 Å². The second-order valence-electron chi connectivity index (χ2n) is 9.46. The van der Waals surface area contributed by atoms with Crippen LogP contribution in [0, 0.1) is 17.2 Å². The lowest BCUT2D eigenvalue weighted by molar-refractivity contribution is -0.155. The van der Waals surface area contributed by atoms with E-state index >= 15 is 0 Å². The van der Waals surface area contributed by atoms with Crippen LogP contribution in [0.5, 0.6) is 0 Å². The van der Waals surface area contributed by atoms with Gasteiger partial charge in [0.05, 0.1) is 5.60 Å². The number of hydrogen-bond donors (Lipinski definition) is 2. The van der Waals surface area contributed by atoms with Gasteiger partial charge in [-0.25, -0.2) is 4.39 Å². The molecule has 2 atom stereocenters. The van der Waals surface area contributed by atoms with Gasteiger partial charge in [0.2, 0.25) is 5.91 Å². The molecule has 2 amide bonds. The van der Waals surface area contributed by atoms with Crippen molar-refractivity contribution in [1.29, 1.82) is 0 Å². The minimum Gasteiger partial charge on any atom is -0.384 e. The van der Waals surface area contributed by atoms with Crippen molar-refractivity contribution in [2.75, 3.05) is 13.1 Å². The van der Waals surface area contributed by atoms with Crippen molar-refractivity contribution in [1.82, 2.24) is 10.2 Å². The first kappa shape index (κ1) is 24.2. The fourth-order valence-electron chi connectivity index (χ4n) is 4.31. The quantitative estimate of drug-likeness (QED) is 0.695. The Hall–Kier alpha value is -2.44. The first-order chi connectivity index (χ1) is 14.9. The highest BCUT2D eigenvalue weighted by Crippen LogP contribution is 2.46. The summed E-state index contributed by atoms with van der Waals surface area (Å²) in [5.41, 5.74) is -0.680. The maximum atomic E-state index is 13.4. The van der Waals surface area contributed by atoms with Crippen LogP contribution in [0.4, 0.5) is 4.39 Å². The molecule has 0 aliphatic carbocycles. The number of benzene rings is 2. The van der Waals surface area contributed by atoms with Crippen molar-refractivity contribution in [2.45, 2.75) is 45.8 Å². The largest absolute Gasteiger partial charge is 0.384 e. The Morgan fingerprint density at radius 1 is 1.09 bits per heavy atom. The third-order valence-electron chi connectivity index (χ3n) is 6.41. The van der Waals surface area contributed by atoms with Crippen LogP contribution >= 0.6 is 11.6 Å². The maximum Gasteiger partial charge on any atom is 0.251 e. The van der Waals surface area contributed by atoms with Crippen LogP contribution in [0.1, 0.15) is 50.0 Å². The summed E-state index contributed by atoms with van der Waals surface area (Å²) in [4.78, 5) is 27.7. The highest BCUT2D eigenvalue weighted by molar-refractivity contribution is 6.30. The molecule has 3 rings (SSSR count). The molecule has 7 heteroatoms. The molecule has 1 aliphatic rings. The van der Waals surface area contributed by atoms with Gasteiger partial charge in [0.25, 0.3) is 5.91 Å². The van der Waals surface area contributed by atoms with E-state index in [0.29, 0.717) is 30.1 Å². The number of aliphatic hydroxyl groups is 1. The number of rotatable bonds is 5. The number of amides is 2. The number of nitrogens with zero attached hydrogens (tertiary/aromatic N) is 1. The fraction of sp³-hybridized carbons (Fsp3) is 0.440. The highest BCUT2D eigenvalue weighted by Gasteiger charge is 2.50. The summed E-state index contributed by atoms with van der Waals surface area (Å²) >= 11 is 6.00. The molecule has 1 saturated heterocycles. The van der Waals surface area contributed by atoms with Gasteiger partial charge in [0.15, 0.2) is 0 Å². The zero-order chi connectivity index (χ0) is 23.7. The molecule has 1 aliphatic heterocycles. The van der Waals surface area contributed by atoms with Gasteiger partial charge in [0.1, 0.15) is 11.9 Å². The van der Waals surface area contributed by atoms with E-state index in [0.717, 1.165) is 5.56 Å². The minimum absolute atomic E-state index is 0.146. The lowest BCUT2D eigenvalue weighted by Crippen LogP contribution is -2.60. The summed E-state index contributed by atoms with van der Waals surface area (Å²) in [5, 5.41) is 14.9. The van der Waals surface area contributed by atoms with Crippen LogP contribution in [0.15, 0.2) is 48.5 Å². The SMILES string of the molecule is CC(C)[C@@H](NC(=O)c1ccc(F)cc1)C(=O)N1CC[C@](O)(c2ccc(Cl)cc2)C(C)(C)C1. The molecular formula is C25H30ClFN2O3. The molecule has 172 valence electrons. The number of nitrogens with one attached hydrogen (secondary N) is 1. The van der Waals surface area contributed by atoms with E-state index in [2.05, 4.69) is 5.32 Å². The summed E-state index contributed by atoms with van der Waals surface area (Å²) in [5.74, 6) is -1.19. The number of hydrogen-bond acceptors (Lipinski definition) is 3. The maximum absolute atomic E-state index is 13.4. The van der Waals surface area contributed by atoms with Crippen molar-refractivity contribution in [2.24, 2.45) is 11.3 Å². The van der Waals surface area contributed by atoms with Crippen LogP contribution in [-0.4, -0.2) is 41.0 Å². The number of carbonyl (C=O) groups is 2. The Balaban J connectivity index is 1.76. The van der Waals surface area contributed by atoms with Crippen LogP contribution in [0.3, 0.4) is 0 Å². The third kappa shape index (κ3) is 4.81. The smallest absolute Gasteiger partial charge is 0.251 e. The van der Waals surface area contributed by atoms with Crippen molar-refractivity contribution in [3.8, 4) is 0 Å². The third-order valence-corrected chi connectivity index (χ3v) is 6.66. The van der Waals surface area contributed by atoms with Crippen LogP contribution in [-0.2, 0) is 10.4 Å². The number of carbonyl (C=O) groups excluding carboxylic acids is 2. The Bertz CT molecular complexity index is 976. The molecule has 32 heavy (non-hydrogen) atoms. The van der Waals surface area contributed by atoms with Gasteiger partial charge in [0, 0.05) is 29.1 Å². The molecule has 1 heterocycles. The van der Waals surface area contributed by atoms with Gasteiger partial charge >= 0.3 is 0 Å². The average molecular weight is 461 g/mol. The van der Waals surface area contributed by atoms with Crippen molar-refractivity contribution in [3.05, 3.63) is 70.5 Å². The Labute approximate surface area is 193 Å². The summed E-state index contributed by atoms with van der Waals surface area (Å²) in [6, 6.07) is 11.6. The Kier molecular flexibility index (Phi) is 6.96. The van der Waals surface area contributed by atoms with E-state index in [1.165, 1.54) is 24.3 Å². The number of likely N-dealkylation sites (tertiary alicyclic amines) is 1. The minimum atomic E-state index is -1.11. The van der Waals surface area contributed by atoms with Gasteiger partial charge in [-0.2, -0.15) is 0 Å². The lowest BCUT2D eigenvalue weighted by atomic mass is 9.66. The molecule has 2 N–H and O–H groups in total. The first-order valence-corrected chi connectivity index (χ1v) is 11.2. The molecule has 0 aromatic heterocycles. The molecule has 0 bridgehead atoms. The van der Waals surface area contributed by atoms with Crippen LogP contribution < -0.4 is 5.32 Å². The molecule has 0 radical (unpaired) electrons. The summed E-state index contributed by atoms with van der Waals surface area (Å²) < 4.78 is 13.2. The topological polar surface area (TPSA) is 69.6 Å². The standard InChI is InChI=1S/C25H30ClFN2O3/c1-16(2)21(28-22(30)17-5-11-20(27)12-6-17)23(31)29-14-13-25(32,24(3,4)15-29)18-7-9-19(26)10-8-18/h5-12,16,21,32H,13-15H2,1-4H3,(H,28,30)/t21-,25+/m1/s1. The van der Waals surface area contributed by atoms with Crippen molar-refractivity contribution >= 4 is 23.4 Å². The summed E-state index contributed by atoms with van der Waals surface area (Å²) in [7, 11) is 0. The second-order valence-corrected chi connectivity index (χ2v) is 9.90. The predicted molar refractivity (Wildman–Crippen MR) is 123 cm³/mol. The molecule has 0 unspecified atom stereocenters. The zero-order valence-electron chi connectivity index (χ0n) is 18.9. The van der Waals surface area contributed by atoms with Crippen molar-refractivity contribution < 1.29 is 19.1 Å². The Morgan fingerprint density at radius 2 is 1.69 bits per heavy atom. The normalized spacial score (nSPS) is 21.3. The van der Waals surface area contributed by atoms with Crippen LogP contribution in [0.2, 0.25) is 5.02 Å². The molecule has 2 aromatic rings. The molecule has 2 aromatic carbocycles. The van der Waals surface area contributed by atoms with E-state index in [1.54, 1.807) is 17.0 Å². The monoisotopic (exact) mass is 460 g/mol. The molecule has 0 saturated carbocycles. The van der Waals surface area contributed by atoms with E-state index in [1.807, 2.05) is 39.8 Å². The number of piperidine rings is 1. The fourth-order valence-corrected chi connectivity index (χ4v) is 4.43. The van der Waals surface area contributed by atoms with Gasteiger partial charge in [-0.15, -0.1) is 0 Å². The van der Waals surface area contributed by atoms with E-state index in [-0.39, 0.29) is 11.8 Å². The van der Waals surface area contributed by atoms with E-state index < -0.39 is 28.8 Å². The summed E-state index contributed by atoms with van der Waals surface area (Å²) in [6.45, 7) is 8.29. The second kappa shape index (κ2) is 9.20. The molecule has 0 spiro atoms. The van der Waals surface area contributed by atoms with Gasteiger partial charge in [-0.05, 0) is 54.3 Å². The molecule has 5 nitrogen and oxygen atoms in total. The van der Waals surface area contributed by atoms with Gasteiger partial charge in [-0.1, -0.05) is 51.4 Å². The van der Waals surface area contributed by atoms with Crippen molar-refractivity contribution in [3.63, 3.8) is 0 Å². The predicted octanol–water partition coefficient (Wildman–Crippen LogP) is 4.38. The Morgan fingerprint density at radius 3 is 2.22 bits per heavy atom. The van der Waals surface area contributed by atoms with E-state index in [9.17, 15) is 19.1 Å². The lowest BCUT2D eigenvalue weighted by Gasteiger charge is -2.51. The molecule has 1 fully saturated rings. The van der Waals surface area contributed by atoms with Gasteiger partial charge in [-0.3, -0.25) is 9.59 Å². The average Bonchev–Trinajstić information content (AvgIpc) is 2.74. The zero-order valence-corrected chi connectivity index (χ0v) is 19.6. The first-order valence-electron chi connectivity index (χ1n) is 10.8. The van der Waals surface area contributed by atoms with Gasteiger partial charge < -0.3 is 15.3 Å². The highest BCUT2D eigenvalue weighted by atomic mass is 35.5. The molecular weight excluding hydrogens is 431 g/mol. The van der Waals surface area contributed by atoms with E-state index in [4.69, 9.17) is 11.6 Å². The summed E-state index contributed by atoms with van der Waals surface area (Å²) in [6.07, 6.45) is 0.365.